The fourth-order valence-corrected chi connectivity index (χ4v) is 2.69. The zero-order chi connectivity index (χ0) is 17.9. The second-order valence-corrected chi connectivity index (χ2v) is 5.92. The molecule has 2 aliphatic heterocycles. The minimum atomic E-state index is -0.322. The van der Waals surface area contributed by atoms with Crippen LogP contribution in [0.4, 0.5) is 0 Å². The van der Waals surface area contributed by atoms with Gasteiger partial charge in [-0.1, -0.05) is 0 Å². The van der Waals surface area contributed by atoms with Gasteiger partial charge in [-0.05, 0) is 43.3 Å². The Balaban J connectivity index is 1.48. The topological polar surface area (TPSA) is 78.4 Å². The van der Waals surface area contributed by atoms with Gasteiger partial charge in [0.2, 0.25) is 6.79 Å². The summed E-state index contributed by atoms with van der Waals surface area (Å²) in [5.74, 6) is 2.28. The summed E-state index contributed by atoms with van der Waals surface area (Å²) in [6.07, 6.45) is 0.850. The van der Waals surface area contributed by atoms with Gasteiger partial charge < -0.3 is 18.9 Å². The Bertz CT molecular complexity index is 878. The SMILES string of the molecule is C/C(=N/NC(=O)c1ccc2c(c1)OCO2)c1ccc2c(c1)OCCCO2. The van der Waals surface area contributed by atoms with Crippen molar-refractivity contribution in [3.05, 3.63) is 47.5 Å². The summed E-state index contributed by atoms with van der Waals surface area (Å²) in [7, 11) is 0. The molecule has 0 saturated heterocycles. The molecule has 2 heterocycles. The van der Waals surface area contributed by atoms with Crippen molar-refractivity contribution in [2.24, 2.45) is 5.10 Å². The van der Waals surface area contributed by atoms with Crippen molar-refractivity contribution in [3.63, 3.8) is 0 Å². The van der Waals surface area contributed by atoms with Gasteiger partial charge in [-0.25, -0.2) is 5.43 Å². The summed E-state index contributed by atoms with van der Waals surface area (Å²) in [4.78, 5) is 12.3. The van der Waals surface area contributed by atoms with Crippen LogP contribution >= 0.6 is 0 Å². The molecule has 0 aliphatic carbocycles. The van der Waals surface area contributed by atoms with Gasteiger partial charge in [-0.2, -0.15) is 5.10 Å². The first-order chi connectivity index (χ1) is 12.7. The molecular formula is C19H18N2O5. The highest BCUT2D eigenvalue weighted by Gasteiger charge is 2.16. The van der Waals surface area contributed by atoms with Crippen LogP contribution in [0.1, 0.15) is 29.3 Å². The van der Waals surface area contributed by atoms with Gasteiger partial charge in [0, 0.05) is 17.5 Å². The fourth-order valence-electron chi connectivity index (χ4n) is 2.69. The fraction of sp³-hybridized carbons (Fsp3) is 0.263. The highest BCUT2D eigenvalue weighted by molar-refractivity contribution is 6.01. The van der Waals surface area contributed by atoms with E-state index in [4.69, 9.17) is 18.9 Å². The molecule has 0 radical (unpaired) electrons. The zero-order valence-electron chi connectivity index (χ0n) is 14.3. The Morgan fingerprint density at radius 1 is 0.885 bits per heavy atom. The third kappa shape index (κ3) is 3.28. The van der Waals surface area contributed by atoms with Crippen molar-refractivity contribution >= 4 is 11.6 Å². The van der Waals surface area contributed by atoms with Crippen molar-refractivity contribution in [3.8, 4) is 23.0 Å². The minimum absolute atomic E-state index is 0.168. The van der Waals surface area contributed by atoms with Crippen molar-refractivity contribution in [1.29, 1.82) is 0 Å². The molecule has 0 bridgehead atoms. The molecule has 2 aromatic rings. The number of benzene rings is 2. The number of carbonyl (C=O) groups excluding carboxylic acids is 1. The number of fused-ring (bicyclic) bond motifs is 2. The Morgan fingerprint density at radius 2 is 1.50 bits per heavy atom. The van der Waals surface area contributed by atoms with Crippen LogP contribution in [0.2, 0.25) is 0 Å². The summed E-state index contributed by atoms with van der Waals surface area (Å²) >= 11 is 0. The highest BCUT2D eigenvalue weighted by atomic mass is 16.7. The average Bonchev–Trinajstić information content (AvgIpc) is 3.01. The van der Waals surface area contributed by atoms with Crippen LogP contribution < -0.4 is 24.4 Å². The second kappa shape index (κ2) is 6.95. The number of ether oxygens (including phenoxy) is 4. The largest absolute Gasteiger partial charge is 0.490 e. The molecule has 1 N–H and O–H groups in total. The number of hydrazone groups is 1. The minimum Gasteiger partial charge on any atom is -0.490 e. The Kier molecular flexibility index (Phi) is 4.35. The van der Waals surface area contributed by atoms with E-state index in [9.17, 15) is 4.79 Å². The van der Waals surface area contributed by atoms with E-state index in [0.29, 0.717) is 41.7 Å². The molecule has 0 atom stereocenters. The van der Waals surface area contributed by atoms with E-state index in [0.717, 1.165) is 17.7 Å². The third-order valence-electron chi connectivity index (χ3n) is 4.13. The molecule has 1 amide bonds. The predicted octanol–water partition coefficient (Wildman–Crippen LogP) is 2.73. The van der Waals surface area contributed by atoms with E-state index in [1.807, 2.05) is 25.1 Å². The van der Waals surface area contributed by atoms with Gasteiger partial charge in [-0.3, -0.25) is 4.79 Å². The van der Waals surface area contributed by atoms with E-state index in [-0.39, 0.29) is 12.7 Å². The molecule has 0 fully saturated rings. The first-order valence-corrected chi connectivity index (χ1v) is 8.35. The molecule has 2 aliphatic rings. The van der Waals surface area contributed by atoms with Gasteiger partial charge in [0.1, 0.15) is 0 Å². The molecule has 4 rings (SSSR count). The number of nitrogens with zero attached hydrogens (tertiary/aromatic N) is 1. The monoisotopic (exact) mass is 354 g/mol. The van der Waals surface area contributed by atoms with Gasteiger partial charge in [0.15, 0.2) is 23.0 Å². The highest BCUT2D eigenvalue weighted by Crippen LogP contribution is 2.32. The van der Waals surface area contributed by atoms with E-state index in [2.05, 4.69) is 10.5 Å². The zero-order valence-corrected chi connectivity index (χ0v) is 14.3. The predicted molar refractivity (Wildman–Crippen MR) is 94.3 cm³/mol. The van der Waals surface area contributed by atoms with Crippen LogP contribution in [0, 0.1) is 0 Å². The normalized spacial score (nSPS) is 15.3. The number of carbonyl (C=O) groups is 1. The van der Waals surface area contributed by atoms with Crippen LogP contribution in [-0.4, -0.2) is 31.6 Å². The van der Waals surface area contributed by atoms with Gasteiger partial charge in [0.25, 0.3) is 5.91 Å². The molecule has 134 valence electrons. The lowest BCUT2D eigenvalue weighted by molar-refractivity contribution is 0.0954. The lowest BCUT2D eigenvalue weighted by Gasteiger charge is -2.09. The lowest BCUT2D eigenvalue weighted by atomic mass is 10.1. The number of hydrogen-bond acceptors (Lipinski definition) is 6. The quantitative estimate of drug-likeness (QED) is 0.677. The molecule has 2 aromatic carbocycles. The molecule has 0 spiro atoms. The molecular weight excluding hydrogens is 336 g/mol. The lowest BCUT2D eigenvalue weighted by Crippen LogP contribution is -2.19. The molecule has 0 aromatic heterocycles. The number of rotatable bonds is 3. The average molecular weight is 354 g/mol. The first-order valence-electron chi connectivity index (χ1n) is 8.35. The summed E-state index contributed by atoms with van der Waals surface area (Å²) in [5, 5.41) is 4.19. The summed E-state index contributed by atoms with van der Waals surface area (Å²) in [5.41, 5.74) is 4.52. The van der Waals surface area contributed by atoms with E-state index < -0.39 is 0 Å². The molecule has 7 heteroatoms. The van der Waals surface area contributed by atoms with Crippen LogP contribution in [0.3, 0.4) is 0 Å². The van der Waals surface area contributed by atoms with Crippen LogP contribution in [-0.2, 0) is 0 Å². The standard InChI is InChI=1S/C19H18N2O5/c1-12(13-3-5-15-17(9-13)24-8-2-7-23-15)20-21-19(22)14-4-6-16-18(10-14)26-11-25-16/h3-6,9-10H,2,7-8,11H2,1H3,(H,21,22)/b20-12-. The number of hydrogen-bond donors (Lipinski definition) is 1. The smallest absolute Gasteiger partial charge is 0.271 e. The summed E-state index contributed by atoms with van der Waals surface area (Å²) in [6.45, 7) is 3.25. The maximum atomic E-state index is 12.3. The maximum absolute atomic E-state index is 12.3. The van der Waals surface area contributed by atoms with Gasteiger partial charge >= 0.3 is 0 Å². The summed E-state index contributed by atoms with van der Waals surface area (Å²) < 4.78 is 21.8. The first kappa shape index (κ1) is 16.3. The second-order valence-electron chi connectivity index (χ2n) is 5.92. The maximum Gasteiger partial charge on any atom is 0.271 e. The van der Waals surface area contributed by atoms with E-state index in [1.165, 1.54) is 0 Å². The van der Waals surface area contributed by atoms with Gasteiger partial charge in [0.05, 0.1) is 18.9 Å². The molecule has 0 unspecified atom stereocenters. The summed E-state index contributed by atoms with van der Waals surface area (Å²) in [6, 6.07) is 10.6. The van der Waals surface area contributed by atoms with Crippen LogP contribution in [0.25, 0.3) is 0 Å². The Labute approximate surface area is 150 Å². The molecule has 0 saturated carbocycles. The number of nitrogens with one attached hydrogen (secondary N) is 1. The van der Waals surface area contributed by atoms with Crippen molar-refractivity contribution in [1.82, 2.24) is 5.43 Å². The number of amides is 1. The van der Waals surface area contributed by atoms with E-state index in [1.54, 1.807) is 18.2 Å². The van der Waals surface area contributed by atoms with Crippen molar-refractivity contribution in [2.75, 3.05) is 20.0 Å². The van der Waals surface area contributed by atoms with Gasteiger partial charge in [-0.15, -0.1) is 0 Å². The molecule has 7 nitrogen and oxygen atoms in total. The van der Waals surface area contributed by atoms with Crippen LogP contribution in [0.5, 0.6) is 23.0 Å². The van der Waals surface area contributed by atoms with Crippen molar-refractivity contribution in [2.45, 2.75) is 13.3 Å². The molecule has 26 heavy (non-hydrogen) atoms. The Hall–Kier alpha value is -3.22. The van der Waals surface area contributed by atoms with E-state index >= 15 is 0 Å². The third-order valence-corrected chi connectivity index (χ3v) is 4.13. The van der Waals surface area contributed by atoms with Crippen LogP contribution in [0.15, 0.2) is 41.5 Å². The van der Waals surface area contributed by atoms with Crippen molar-refractivity contribution < 1.29 is 23.7 Å². The Morgan fingerprint density at radius 3 is 2.35 bits per heavy atom.